The van der Waals surface area contributed by atoms with Crippen molar-refractivity contribution in [1.82, 2.24) is 4.98 Å². The number of unbranched alkanes of at least 4 members (excludes halogenated alkanes) is 1. The Bertz CT molecular complexity index is 989. The molecule has 1 heterocycles. The molecule has 3 aliphatic carbocycles. The molecule has 0 aliphatic heterocycles. The fourth-order valence-electron chi connectivity index (χ4n) is 6.46. The summed E-state index contributed by atoms with van der Waals surface area (Å²) in [6.07, 6.45) is 7.69. The van der Waals surface area contributed by atoms with E-state index in [4.69, 9.17) is 9.72 Å². The van der Waals surface area contributed by atoms with Gasteiger partial charge in [-0.3, -0.25) is 4.79 Å². The summed E-state index contributed by atoms with van der Waals surface area (Å²) >= 11 is 5.48. The number of rotatable bonds is 5. The molecule has 0 spiro atoms. The molecule has 0 saturated heterocycles. The van der Waals surface area contributed by atoms with Gasteiger partial charge in [0, 0.05) is 12.0 Å². The average molecular weight is 491 g/mol. The predicted octanol–water partition coefficient (Wildman–Crippen LogP) is 6.32. The van der Waals surface area contributed by atoms with Gasteiger partial charge in [0.15, 0.2) is 10.9 Å². The second-order valence-corrected chi connectivity index (χ2v) is 11.7. The number of ether oxygens (including phenoxy) is 1. The van der Waals surface area contributed by atoms with E-state index in [1.165, 1.54) is 28.7 Å². The molecule has 0 amide bonds. The van der Waals surface area contributed by atoms with E-state index in [0.29, 0.717) is 23.5 Å². The van der Waals surface area contributed by atoms with Gasteiger partial charge < -0.3 is 10.1 Å². The summed E-state index contributed by atoms with van der Waals surface area (Å²) in [5.41, 5.74) is 3.82. The molecular formula is C24H31BrN2O2S. The number of nitrogens with one attached hydrogen (secondary N) is 1. The first-order valence-corrected chi connectivity index (χ1v) is 13.1. The Balaban J connectivity index is 1.57. The molecule has 1 aromatic carbocycles. The van der Waals surface area contributed by atoms with Crippen molar-refractivity contribution in [2.75, 3.05) is 19.0 Å². The number of thiazole rings is 1. The lowest BCUT2D eigenvalue weighted by Crippen LogP contribution is -2.42. The summed E-state index contributed by atoms with van der Waals surface area (Å²) < 4.78 is 7.05. The average Bonchev–Trinajstić information content (AvgIpc) is 3.27. The van der Waals surface area contributed by atoms with Gasteiger partial charge in [-0.05, 0) is 73.5 Å². The van der Waals surface area contributed by atoms with Gasteiger partial charge in [-0.1, -0.05) is 47.5 Å². The van der Waals surface area contributed by atoms with Crippen LogP contribution in [0.1, 0.15) is 69.4 Å². The predicted molar refractivity (Wildman–Crippen MR) is 127 cm³/mol. The number of methoxy groups -OCH3 is 1. The van der Waals surface area contributed by atoms with Crippen LogP contribution in [0.5, 0.6) is 5.75 Å². The van der Waals surface area contributed by atoms with Crippen LogP contribution in [0.2, 0.25) is 0 Å². The molecule has 5 atom stereocenters. The SMILES string of the molecule is CCCCNc1nc2c(OC)cc3c(c2s1)[C@H]1CC[C@]2(C)C(=O)[C@H](Br)C[C@H]2[C@@H]1CC3. The Morgan fingerprint density at radius 2 is 2.23 bits per heavy atom. The maximum Gasteiger partial charge on any atom is 0.183 e. The minimum Gasteiger partial charge on any atom is -0.494 e. The quantitative estimate of drug-likeness (QED) is 0.393. The fourth-order valence-corrected chi connectivity index (χ4v) is 8.52. The van der Waals surface area contributed by atoms with Crippen molar-refractivity contribution in [3.05, 3.63) is 17.2 Å². The number of benzene rings is 1. The zero-order chi connectivity index (χ0) is 21.0. The fraction of sp³-hybridized carbons (Fsp3) is 0.667. The summed E-state index contributed by atoms with van der Waals surface area (Å²) in [6.45, 7) is 5.41. The van der Waals surface area contributed by atoms with Crippen molar-refractivity contribution in [3.63, 3.8) is 0 Å². The van der Waals surface area contributed by atoms with Crippen LogP contribution in [-0.4, -0.2) is 29.2 Å². The highest BCUT2D eigenvalue weighted by Gasteiger charge is 2.57. The molecule has 162 valence electrons. The van der Waals surface area contributed by atoms with Crippen LogP contribution >= 0.6 is 27.3 Å². The van der Waals surface area contributed by atoms with Crippen LogP contribution < -0.4 is 10.1 Å². The first kappa shape index (κ1) is 20.7. The van der Waals surface area contributed by atoms with Crippen molar-refractivity contribution in [3.8, 4) is 5.75 Å². The molecule has 1 N–H and O–H groups in total. The second-order valence-electron chi connectivity index (χ2n) is 9.57. The lowest BCUT2D eigenvalue weighted by molar-refractivity contribution is -0.128. The molecule has 2 saturated carbocycles. The van der Waals surface area contributed by atoms with Gasteiger partial charge in [0.2, 0.25) is 0 Å². The lowest BCUT2D eigenvalue weighted by Gasteiger charge is -2.48. The molecule has 1 aromatic heterocycles. The standard InChI is InChI=1S/C24H31BrN2O2S/c1-4-5-10-26-23-27-20-18(29-3)11-13-6-7-14-15(19(13)21(20)30-23)8-9-24(2)16(14)12-17(25)22(24)28/h11,14-17H,4-10,12H2,1-3H3,(H,26,27)/t14-,15+,16+,17-,24+/m1/s1. The summed E-state index contributed by atoms with van der Waals surface area (Å²) in [6, 6.07) is 2.24. The Labute approximate surface area is 191 Å². The summed E-state index contributed by atoms with van der Waals surface area (Å²) in [5.74, 6) is 2.97. The van der Waals surface area contributed by atoms with Crippen LogP contribution in [0.4, 0.5) is 5.13 Å². The number of aromatic nitrogens is 1. The maximum atomic E-state index is 12.9. The molecule has 5 rings (SSSR count). The third kappa shape index (κ3) is 3.04. The summed E-state index contributed by atoms with van der Waals surface area (Å²) in [7, 11) is 1.75. The van der Waals surface area contributed by atoms with E-state index in [9.17, 15) is 4.79 Å². The number of aryl methyl sites for hydroxylation is 1. The molecule has 3 aliphatic rings. The van der Waals surface area contributed by atoms with Crippen LogP contribution in [-0.2, 0) is 11.2 Å². The van der Waals surface area contributed by atoms with Gasteiger partial charge in [-0.15, -0.1) is 0 Å². The highest BCUT2D eigenvalue weighted by atomic mass is 79.9. The summed E-state index contributed by atoms with van der Waals surface area (Å²) in [5, 5.41) is 4.52. The van der Waals surface area contributed by atoms with E-state index < -0.39 is 0 Å². The monoisotopic (exact) mass is 490 g/mol. The first-order valence-electron chi connectivity index (χ1n) is 11.4. The Hall–Kier alpha value is -1.14. The molecule has 0 unspecified atom stereocenters. The zero-order valence-corrected chi connectivity index (χ0v) is 20.5. The second kappa shape index (κ2) is 7.77. The highest BCUT2D eigenvalue weighted by Crippen LogP contribution is 2.61. The molecule has 30 heavy (non-hydrogen) atoms. The van der Waals surface area contributed by atoms with Gasteiger partial charge in [0.1, 0.15) is 11.3 Å². The van der Waals surface area contributed by atoms with Gasteiger partial charge in [-0.25, -0.2) is 4.98 Å². The summed E-state index contributed by atoms with van der Waals surface area (Å²) in [4.78, 5) is 17.9. The van der Waals surface area contributed by atoms with Gasteiger partial charge in [0.05, 0.1) is 16.6 Å². The highest BCUT2D eigenvalue weighted by molar-refractivity contribution is 9.10. The first-order chi connectivity index (χ1) is 14.5. The molecule has 0 radical (unpaired) electrons. The number of hydrogen-bond acceptors (Lipinski definition) is 5. The number of carbonyl (C=O) groups excluding carboxylic acids is 1. The van der Waals surface area contributed by atoms with Crippen molar-refractivity contribution in [2.45, 2.75) is 69.5 Å². The molecular weight excluding hydrogens is 460 g/mol. The lowest BCUT2D eigenvalue weighted by atomic mass is 9.55. The van der Waals surface area contributed by atoms with Crippen molar-refractivity contribution in [1.29, 1.82) is 0 Å². The number of ketones is 1. The van der Waals surface area contributed by atoms with Crippen LogP contribution in [0.15, 0.2) is 6.07 Å². The smallest absolute Gasteiger partial charge is 0.183 e. The number of hydrogen-bond donors (Lipinski definition) is 1. The number of nitrogens with zero attached hydrogens (tertiary/aromatic N) is 1. The maximum absolute atomic E-state index is 12.9. The molecule has 6 heteroatoms. The van der Waals surface area contributed by atoms with Gasteiger partial charge in [0.25, 0.3) is 0 Å². The van der Waals surface area contributed by atoms with E-state index in [-0.39, 0.29) is 10.2 Å². The Morgan fingerprint density at radius 3 is 3.00 bits per heavy atom. The van der Waals surface area contributed by atoms with Gasteiger partial charge >= 0.3 is 0 Å². The van der Waals surface area contributed by atoms with Crippen molar-refractivity contribution in [2.24, 2.45) is 17.3 Å². The normalized spacial score (nSPS) is 32.6. The third-order valence-electron chi connectivity index (χ3n) is 8.04. The van der Waals surface area contributed by atoms with Crippen LogP contribution in [0.25, 0.3) is 10.2 Å². The Morgan fingerprint density at radius 1 is 1.40 bits per heavy atom. The van der Waals surface area contributed by atoms with Crippen LogP contribution in [0, 0.1) is 17.3 Å². The largest absolute Gasteiger partial charge is 0.494 e. The van der Waals surface area contributed by atoms with Crippen molar-refractivity contribution < 1.29 is 9.53 Å². The minimum absolute atomic E-state index is 0.0429. The van der Waals surface area contributed by atoms with Crippen LogP contribution in [0.3, 0.4) is 0 Å². The van der Waals surface area contributed by atoms with E-state index >= 15 is 0 Å². The third-order valence-corrected chi connectivity index (χ3v) is 9.87. The topological polar surface area (TPSA) is 51.2 Å². The molecule has 2 fully saturated rings. The zero-order valence-electron chi connectivity index (χ0n) is 18.1. The number of alkyl halides is 1. The molecule has 0 bridgehead atoms. The van der Waals surface area contributed by atoms with E-state index in [1.807, 2.05) is 0 Å². The van der Waals surface area contributed by atoms with E-state index in [0.717, 1.165) is 55.0 Å². The van der Waals surface area contributed by atoms with E-state index in [1.54, 1.807) is 18.4 Å². The van der Waals surface area contributed by atoms with Gasteiger partial charge in [-0.2, -0.15) is 0 Å². The number of fused-ring (bicyclic) bond motifs is 7. The number of Topliss-reactive ketones (excluding diaryl/α,β-unsaturated/α-hetero) is 1. The molecule has 2 aromatic rings. The van der Waals surface area contributed by atoms with E-state index in [2.05, 4.69) is 41.2 Å². The minimum atomic E-state index is -0.140. The Kier molecular flexibility index (Phi) is 5.37. The van der Waals surface area contributed by atoms with Crippen molar-refractivity contribution >= 4 is 48.4 Å². The number of anilines is 1. The number of carbonyl (C=O) groups is 1. The number of halogens is 1. The molecule has 4 nitrogen and oxygen atoms in total.